The molecule has 3 aromatic rings. The van der Waals surface area contributed by atoms with Crippen molar-refractivity contribution in [1.29, 1.82) is 0 Å². The average molecular weight is 387 g/mol. The lowest BCUT2D eigenvalue weighted by Crippen LogP contribution is -2.18. The van der Waals surface area contributed by atoms with E-state index < -0.39 is 17.6 Å². The molecule has 1 aromatic heterocycles. The third-order valence-corrected chi connectivity index (χ3v) is 4.20. The zero-order valence-electron chi connectivity index (χ0n) is 14.6. The molecule has 0 unspecified atom stereocenters. The van der Waals surface area contributed by atoms with Crippen LogP contribution in [0.3, 0.4) is 0 Å². The van der Waals surface area contributed by atoms with Crippen molar-refractivity contribution < 1.29 is 22.8 Å². The number of benzene rings is 2. The van der Waals surface area contributed by atoms with E-state index in [9.17, 15) is 22.8 Å². The van der Waals surface area contributed by atoms with E-state index >= 15 is 0 Å². The summed E-state index contributed by atoms with van der Waals surface area (Å²) in [4.78, 5) is 27.9. The zero-order chi connectivity index (χ0) is 20.3. The van der Waals surface area contributed by atoms with Crippen molar-refractivity contribution in [3.63, 3.8) is 0 Å². The Hall–Kier alpha value is -3.42. The van der Waals surface area contributed by atoms with Gasteiger partial charge in [-0.2, -0.15) is 13.2 Å². The Morgan fingerprint density at radius 2 is 1.82 bits per heavy atom. The fraction of sp³-hybridized carbons (Fsp3) is 0.150. The summed E-state index contributed by atoms with van der Waals surface area (Å²) in [5, 5.41) is 3.55. The minimum absolute atomic E-state index is 0.0293. The van der Waals surface area contributed by atoms with Crippen LogP contribution >= 0.6 is 0 Å². The second-order valence-electron chi connectivity index (χ2n) is 6.20. The zero-order valence-corrected chi connectivity index (χ0v) is 14.6. The number of nitrogens with zero attached hydrogens (tertiary/aromatic N) is 1. The third-order valence-electron chi connectivity index (χ3n) is 4.20. The van der Waals surface area contributed by atoms with Gasteiger partial charge in [-0.3, -0.25) is 14.6 Å². The number of para-hydroxylation sites is 1. The molecule has 0 radical (unpaired) electrons. The molecular weight excluding hydrogens is 371 g/mol. The van der Waals surface area contributed by atoms with Crippen molar-refractivity contribution in [3.05, 3.63) is 71.4 Å². The number of carbonyl (C=O) groups is 2. The van der Waals surface area contributed by atoms with E-state index in [0.29, 0.717) is 11.8 Å². The first-order chi connectivity index (χ1) is 13.2. The Morgan fingerprint density at radius 1 is 1.07 bits per heavy atom. The lowest BCUT2D eigenvalue weighted by Gasteiger charge is -2.12. The van der Waals surface area contributed by atoms with Crippen LogP contribution in [0.25, 0.3) is 10.9 Å². The number of carbonyl (C=O) groups excluding carboxylic acids is 2. The van der Waals surface area contributed by atoms with Crippen molar-refractivity contribution in [2.24, 2.45) is 5.73 Å². The summed E-state index contributed by atoms with van der Waals surface area (Å²) in [5.41, 5.74) is 5.57. The van der Waals surface area contributed by atoms with Crippen LogP contribution in [0.1, 0.15) is 27.9 Å². The number of pyridine rings is 1. The molecule has 0 aliphatic rings. The minimum Gasteiger partial charge on any atom is -0.366 e. The van der Waals surface area contributed by atoms with Crippen LogP contribution in [-0.4, -0.2) is 16.8 Å². The Balaban J connectivity index is 1.70. The van der Waals surface area contributed by atoms with Crippen molar-refractivity contribution in [2.75, 3.05) is 5.32 Å². The van der Waals surface area contributed by atoms with Crippen molar-refractivity contribution in [3.8, 4) is 0 Å². The van der Waals surface area contributed by atoms with Gasteiger partial charge >= 0.3 is 6.18 Å². The van der Waals surface area contributed by atoms with Crippen LogP contribution < -0.4 is 11.1 Å². The van der Waals surface area contributed by atoms with Gasteiger partial charge in [-0.15, -0.1) is 0 Å². The number of aryl methyl sites for hydroxylation is 1. The second-order valence-corrected chi connectivity index (χ2v) is 6.20. The molecule has 0 atom stereocenters. The molecule has 0 aliphatic heterocycles. The molecule has 28 heavy (non-hydrogen) atoms. The SMILES string of the molecule is NC(=O)c1cc(C(F)(F)F)ccc1CCC(=O)Nc1cnc2ccccc2c1. The van der Waals surface area contributed by atoms with E-state index in [0.717, 1.165) is 17.0 Å². The standard InChI is InChI=1S/C20H16F3N3O2/c21-20(22,23)14-7-5-12(16(10-14)19(24)28)6-8-18(27)26-15-9-13-3-1-2-4-17(13)25-11-15/h1-5,7,9-11H,6,8H2,(H2,24,28)(H,26,27). The lowest BCUT2D eigenvalue weighted by atomic mass is 9.99. The van der Waals surface area contributed by atoms with Gasteiger partial charge in [0.05, 0.1) is 23.0 Å². The first kappa shape index (κ1) is 19.3. The minimum atomic E-state index is -4.58. The molecule has 2 aromatic carbocycles. The Bertz CT molecular complexity index is 1050. The van der Waals surface area contributed by atoms with E-state index in [1.165, 1.54) is 12.3 Å². The van der Waals surface area contributed by atoms with E-state index in [2.05, 4.69) is 10.3 Å². The predicted molar refractivity (Wildman–Crippen MR) is 98.7 cm³/mol. The number of amides is 2. The van der Waals surface area contributed by atoms with Crippen LogP contribution in [0.15, 0.2) is 54.7 Å². The van der Waals surface area contributed by atoms with Crippen LogP contribution in [0, 0.1) is 0 Å². The van der Waals surface area contributed by atoms with Gasteiger partial charge < -0.3 is 11.1 Å². The maximum Gasteiger partial charge on any atom is 0.416 e. The highest BCUT2D eigenvalue weighted by molar-refractivity contribution is 5.96. The number of nitrogens with two attached hydrogens (primary N) is 1. The molecular formula is C20H16F3N3O2. The molecule has 0 saturated carbocycles. The summed E-state index contributed by atoms with van der Waals surface area (Å²) in [6.45, 7) is 0. The van der Waals surface area contributed by atoms with Gasteiger partial charge in [0.1, 0.15) is 0 Å². The number of alkyl halides is 3. The predicted octanol–water partition coefficient (Wildman–Crippen LogP) is 3.92. The van der Waals surface area contributed by atoms with Gasteiger partial charge in [0.25, 0.3) is 0 Å². The molecule has 3 rings (SSSR count). The normalized spacial score (nSPS) is 11.4. The molecule has 3 N–H and O–H groups in total. The molecule has 5 nitrogen and oxygen atoms in total. The number of nitrogens with one attached hydrogen (secondary N) is 1. The molecule has 0 aliphatic carbocycles. The van der Waals surface area contributed by atoms with Gasteiger partial charge in [-0.05, 0) is 36.2 Å². The number of rotatable bonds is 5. The first-order valence-corrected chi connectivity index (χ1v) is 8.38. The molecule has 0 bridgehead atoms. The Labute approximate surface area is 158 Å². The maximum absolute atomic E-state index is 12.8. The largest absolute Gasteiger partial charge is 0.416 e. The Kier molecular flexibility index (Phi) is 5.30. The van der Waals surface area contributed by atoms with Crippen LogP contribution in [-0.2, 0) is 17.4 Å². The van der Waals surface area contributed by atoms with Gasteiger partial charge in [-0.25, -0.2) is 0 Å². The molecule has 0 fully saturated rings. The van der Waals surface area contributed by atoms with Crippen molar-refractivity contribution in [2.45, 2.75) is 19.0 Å². The fourth-order valence-corrected chi connectivity index (χ4v) is 2.81. The smallest absolute Gasteiger partial charge is 0.366 e. The molecule has 1 heterocycles. The number of aromatic nitrogens is 1. The number of hydrogen-bond acceptors (Lipinski definition) is 3. The van der Waals surface area contributed by atoms with Crippen LogP contribution in [0.2, 0.25) is 0 Å². The van der Waals surface area contributed by atoms with Gasteiger partial charge in [0.2, 0.25) is 11.8 Å². The van der Waals surface area contributed by atoms with E-state index in [4.69, 9.17) is 5.73 Å². The van der Waals surface area contributed by atoms with Crippen LogP contribution in [0.4, 0.5) is 18.9 Å². The second kappa shape index (κ2) is 7.67. The molecule has 2 amide bonds. The number of primary amides is 1. The monoisotopic (exact) mass is 387 g/mol. The first-order valence-electron chi connectivity index (χ1n) is 8.38. The quantitative estimate of drug-likeness (QED) is 0.696. The summed E-state index contributed by atoms with van der Waals surface area (Å²) in [5.74, 6) is -1.33. The van der Waals surface area contributed by atoms with Gasteiger partial charge in [0.15, 0.2) is 0 Å². The van der Waals surface area contributed by atoms with Gasteiger partial charge in [0, 0.05) is 17.4 Å². The Morgan fingerprint density at radius 3 is 2.54 bits per heavy atom. The van der Waals surface area contributed by atoms with Crippen molar-refractivity contribution >= 4 is 28.4 Å². The summed E-state index contributed by atoms with van der Waals surface area (Å²) in [7, 11) is 0. The van der Waals surface area contributed by atoms with E-state index in [1.807, 2.05) is 24.3 Å². The fourth-order valence-electron chi connectivity index (χ4n) is 2.81. The highest BCUT2D eigenvalue weighted by Gasteiger charge is 2.31. The average Bonchev–Trinajstić information content (AvgIpc) is 2.65. The van der Waals surface area contributed by atoms with Crippen LogP contribution in [0.5, 0.6) is 0 Å². The molecule has 0 spiro atoms. The molecule has 0 saturated heterocycles. The summed E-state index contributed by atoms with van der Waals surface area (Å²) in [6.07, 6.45) is -3.02. The topological polar surface area (TPSA) is 85.1 Å². The summed E-state index contributed by atoms with van der Waals surface area (Å²) < 4.78 is 38.4. The number of anilines is 1. The number of hydrogen-bond donors (Lipinski definition) is 2. The van der Waals surface area contributed by atoms with E-state index in [1.54, 1.807) is 6.07 Å². The lowest BCUT2D eigenvalue weighted by molar-refractivity contribution is -0.137. The highest BCUT2D eigenvalue weighted by Crippen LogP contribution is 2.30. The summed E-state index contributed by atoms with van der Waals surface area (Å²) in [6, 6.07) is 11.9. The number of halogens is 3. The molecule has 144 valence electrons. The van der Waals surface area contributed by atoms with Crippen molar-refractivity contribution in [1.82, 2.24) is 4.98 Å². The third kappa shape index (κ3) is 4.46. The maximum atomic E-state index is 12.8. The highest BCUT2D eigenvalue weighted by atomic mass is 19.4. The van der Waals surface area contributed by atoms with E-state index in [-0.39, 0.29) is 29.9 Å². The molecule has 8 heteroatoms. The summed E-state index contributed by atoms with van der Waals surface area (Å²) >= 11 is 0. The number of fused-ring (bicyclic) bond motifs is 1. The van der Waals surface area contributed by atoms with Gasteiger partial charge in [-0.1, -0.05) is 24.3 Å².